The molecule has 46 valence electrons. The molecule has 0 aliphatic rings. The Hall–Kier alpha value is -1.31. The Morgan fingerprint density at radius 2 is 2.56 bits per heavy atom. The smallest absolute Gasteiger partial charge is 0.0924 e. The van der Waals surface area contributed by atoms with Crippen molar-refractivity contribution in [3.63, 3.8) is 0 Å². The number of nitrogens with zero attached hydrogens (tertiary/aromatic N) is 1. The van der Waals surface area contributed by atoms with Crippen LogP contribution in [0.4, 0.5) is 0 Å². The van der Waals surface area contributed by atoms with Crippen LogP contribution in [0.2, 0.25) is 0 Å². The number of rotatable bonds is 2. The molecule has 0 saturated heterocycles. The normalized spacial score (nSPS) is 10.2. The van der Waals surface area contributed by atoms with E-state index in [0.717, 1.165) is 5.69 Å². The van der Waals surface area contributed by atoms with E-state index >= 15 is 0 Å². The van der Waals surface area contributed by atoms with Gasteiger partial charge in [0.1, 0.15) is 0 Å². The van der Waals surface area contributed by atoms with Gasteiger partial charge in [0.25, 0.3) is 0 Å². The van der Waals surface area contributed by atoms with Crippen molar-refractivity contribution in [2.75, 3.05) is 0 Å². The highest BCUT2D eigenvalue weighted by Crippen LogP contribution is 1.92. The van der Waals surface area contributed by atoms with Gasteiger partial charge in [-0.25, -0.2) is 4.98 Å². The van der Waals surface area contributed by atoms with E-state index in [-0.39, 0.29) is 0 Å². The number of H-pyrrole nitrogens is 1. The van der Waals surface area contributed by atoms with E-state index in [9.17, 15) is 0 Å². The summed E-state index contributed by atoms with van der Waals surface area (Å²) >= 11 is 0. The largest absolute Gasteiger partial charge is 0.345 e. The molecule has 0 atom stereocenters. The molecule has 0 amide bonds. The van der Waals surface area contributed by atoms with Gasteiger partial charge in [-0.15, -0.1) is 0 Å². The molecule has 0 saturated carbocycles. The van der Waals surface area contributed by atoms with Crippen molar-refractivity contribution in [3.05, 3.63) is 36.9 Å². The molecule has 1 rings (SSSR count). The maximum absolute atomic E-state index is 3.83. The molecule has 2 nitrogen and oxygen atoms in total. The van der Waals surface area contributed by atoms with Crippen LogP contribution in [-0.4, -0.2) is 9.97 Å². The van der Waals surface area contributed by atoms with Gasteiger partial charge in [0.2, 0.25) is 0 Å². The number of hydrogen-bond acceptors (Lipinski definition) is 1. The summed E-state index contributed by atoms with van der Waals surface area (Å²) in [5.41, 5.74) is 0.995. The van der Waals surface area contributed by atoms with E-state index in [1.54, 1.807) is 18.6 Å². The van der Waals surface area contributed by atoms with Crippen molar-refractivity contribution in [2.45, 2.75) is 0 Å². The van der Waals surface area contributed by atoms with Crippen LogP contribution in [0.5, 0.6) is 0 Å². The molecule has 1 N–H and O–H groups in total. The molecule has 0 aromatic carbocycles. The topological polar surface area (TPSA) is 28.7 Å². The van der Waals surface area contributed by atoms with Gasteiger partial charge in [0, 0.05) is 0 Å². The van der Waals surface area contributed by atoms with Crippen LogP contribution in [-0.2, 0) is 0 Å². The highest BCUT2D eigenvalue weighted by atomic mass is 14.8. The minimum absolute atomic E-state index is 0.995. The van der Waals surface area contributed by atoms with Gasteiger partial charge in [0.05, 0.1) is 18.2 Å². The predicted octanol–water partition coefficient (Wildman–Crippen LogP) is 1.61. The van der Waals surface area contributed by atoms with Crippen LogP contribution in [0.25, 0.3) is 6.08 Å². The van der Waals surface area contributed by atoms with Crippen molar-refractivity contribution in [1.29, 1.82) is 0 Å². The number of nitrogens with one attached hydrogen (secondary N) is 1. The molecule has 1 heterocycles. The van der Waals surface area contributed by atoms with E-state index in [1.807, 2.05) is 12.2 Å². The van der Waals surface area contributed by atoms with Crippen molar-refractivity contribution in [1.82, 2.24) is 9.97 Å². The zero-order valence-electron chi connectivity index (χ0n) is 5.04. The highest BCUT2D eigenvalue weighted by Gasteiger charge is 1.80. The predicted molar refractivity (Wildman–Crippen MR) is 37.8 cm³/mol. The van der Waals surface area contributed by atoms with Gasteiger partial charge in [-0.2, -0.15) is 0 Å². The molecular weight excluding hydrogens is 112 g/mol. The fourth-order valence-electron chi connectivity index (χ4n) is 0.529. The average molecular weight is 120 g/mol. The summed E-state index contributed by atoms with van der Waals surface area (Å²) in [5, 5.41) is 0. The number of allylic oxidation sites excluding steroid dienone is 2. The van der Waals surface area contributed by atoms with Crippen LogP contribution in [0.3, 0.4) is 0 Å². The molecule has 1 aromatic rings. The number of aromatic nitrogens is 2. The van der Waals surface area contributed by atoms with Crippen molar-refractivity contribution < 1.29 is 0 Å². The van der Waals surface area contributed by atoms with Crippen LogP contribution in [0.15, 0.2) is 31.3 Å². The maximum Gasteiger partial charge on any atom is 0.0924 e. The number of hydrogen-bond donors (Lipinski definition) is 1. The molecular formula is C7H8N2. The molecule has 0 radical (unpaired) electrons. The van der Waals surface area contributed by atoms with Gasteiger partial charge in [-0.1, -0.05) is 18.7 Å². The van der Waals surface area contributed by atoms with Crippen molar-refractivity contribution in [3.8, 4) is 0 Å². The van der Waals surface area contributed by atoms with Crippen molar-refractivity contribution in [2.24, 2.45) is 0 Å². The molecule has 2 heteroatoms. The molecule has 0 aliphatic carbocycles. The summed E-state index contributed by atoms with van der Waals surface area (Å²) < 4.78 is 0. The second kappa shape index (κ2) is 2.87. The van der Waals surface area contributed by atoms with Crippen LogP contribution in [0, 0.1) is 0 Å². The van der Waals surface area contributed by atoms with E-state index in [0.29, 0.717) is 0 Å². The highest BCUT2D eigenvalue weighted by molar-refractivity contribution is 5.44. The summed E-state index contributed by atoms with van der Waals surface area (Å²) in [6.45, 7) is 3.54. The minimum Gasteiger partial charge on any atom is -0.345 e. The summed E-state index contributed by atoms with van der Waals surface area (Å²) in [5.74, 6) is 0. The molecule has 9 heavy (non-hydrogen) atoms. The minimum atomic E-state index is 0.995. The molecule has 0 spiro atoms. The van der Waals surface area contributed by atoms with Crippen LogP contribution < -0.4 is 0 Å². The lowest BCUT2D eigenvalue weighted by atomic mass is 10.4. The van der Waals surface area contributed by atoms with Crippen molar-refractivity contribution >= 4 is 6.08 Å². The SMILES string of the molecule is C=C/C=C\c1cnc[nH]1. The quantitative estimate of drug-likeness (QED) is 0.590. The van der Waals surface area contributed by atoms with Gasteiger partial charge < -0.3 is 4.98 Å². The Balaban J connectivity index is 2.67. The third kappa shape index (κ3) is 1.57. The first-order chi connectivity index (χ1) is 4.43. The second-order valence-corrected chi connectivity index (χ2v) is 1.60. The standard InChI is InChI=1S/C7H8N2/c1-2-3-4-7-5-8-6-9-7/h2-6H,1H2,(H,8,9)/b4-3-. The van der Waals surface area contributed by atoms with Gasteiger partial charge >= 0.3 is 0 Å². The van der Waals surface area contributed by atoms with Gasteiger partial charge in [-0.3, -0.25) is 0 Å². The summed E-state index contributed by atoms with van der Waals surface area (Å²) in [7, 11) is 0. The average Bonchev–Trinajstić information content (AvgIpc) is 2.34. The Morgan fingerprint density at radius 3 is 3.11 bits per heavy atom. The third-order valence-corrected chi connectivity index (χ3v) is 0.931. The zero-order valence-corrected chi connectivity index (χ0v) is 5.04. The number of aromatic amines is 1. The Bertz CT molecular complexity index is 197. The Labute approximate surface area is 53.9 Å². The van der Waals surface area contributed by atoms with Gasteiger partial charge in [0.15, 0.2) is 0 Å². The summed E-state index contributed by atoms with van der Waals surface area (Å²) in [4.78, 5) is 6.76. The zero-order chi connectivity index (χ0) is 6.53. The summed E-state index contributed by atoms with van der Waals surface area (Å²) in [6, 6.07) is 0. The van der Waals surface area contributed by atoms with E-state index < -0.39 is 0 Å². The molecule has 0 fully saturated rings. The van der Waals surface area contributed by atoms with E-state index in [4.69, 9.17) is 0 Å². The Morgan fingerprint density at radius 1 is 1.67 bits per heavy atom. The lowest BCUT2D eigenvalue weighted by Crippen LogP contribution is -1.64. The first-order valence-electron chi connectivity index (χ1n) is 2.71. The van der Waals surface area contributed by atoms with Crippen LogP contribution in [0.1, 0.15) is 5.69 Å². The fourth-order valence-corrected chi connectivity index (χ4v) is 0.529. The van der Waals surface area contributed by atoms with Gasteiger partial charge in [-0.05, 0) is 6.08 Å². The molecule has 0 aliphatic heterocycles. The lowest BCUT2D eigenvalue weighted by Gasteiger charge is -1.77. The molecule has 1 aromatic heterocycles. The second-order valence-electron chi connectivity index (χ2n) is 1.60. The first kappa shape index (κ1) is 5.82. The lowest BCUT2D eigenvalue weighted by molar-refractivity contribution is 1.31. The molecule has 0 unspecified atom stereocenters. The first-order valence-corrected chi connectivity index (χ1v) is 2.71. The number of imidazole rings is 1. The third-order valence-electron chi connectivity index (χ3n) is 0.931. The monoisotopic (exact) mass is 120 g/mol. The van der Waals surface area contributed by atoms with E-state index in [2.05, 4.69) is 16.5 Å². The van der Waals surface area contributed by atoms with E-state index in [1.165, 1.54) is 0 Å². The van der Waals surface area contributed by atoms with Crippen LogP contribution >= 0.6 is 0 Å². The summed E-state index contributed by atoms with van der Waals surface area (Å²) in [6.07, 6.45) is 8.87. The Kier molecular flexibility index (Phi) is 1.85. The maximum atomic E-state index is 3.83. The molecule has 0 bridgehead atoms. The fraction of sp³-hybridized carbons (Fsp3) is 0.